The Hall–Kier alpha value is -2.32. The van der Waals surface area contributed by atoms with Crippen LogP contribution in [0.15, 0.2) is 29.4 Å². The van der Waals surface area contributed by atoms with E-state index in [2.05, 4.69) is 20.8 Å². The number of hydrogen-bond donors (Lipinski definition) is 2. The van der Waals surface area contributed by atoms with E-state index in [1.807, 2.05) is 0 Å². The van der Waals surface area contributed by atoms with Crippen LogP contribution in [0.4, 0.5) is 15.8 Å². The first-order valence-electron chi connectivity index (χ1n) is 5.69. The van der Waals surface area contributed by atoms with E-state index in [1.165, 1.54) is 6.92 Å². The first-order valence-corrected chi connectivity index (χ1v) is 6.88. The Balaban J connectivity index is 2.23. The van der Waals surface area contributed by atoms with Gasteiger partial charge < -0.3 is 5.32 Å². The van der Waals surface area contributed by atoms with E-state index in [-0.39, 0.29) is 26.8 Å². The third kappa shape index (κ3) is 3.61. The van der Waals surface area contributed by atoms with Crippen molar-refractivity contribution in [3.05, 3.63) is 39.9 Å². The molecule has 21 heavy (non-hydrogen) atoms. The van der Waals surface area contributed by atoms with Crippen molar-refractivity contribution in [1.82, 2.24) is 4.98 Å². The highest BCUT2D eigenvalue weighted by atomic mass is 35.5. The van der Waals surface area contributed by atoms with Crippen molar-refractivity contribution in [2.75, 3.05) is 10.6 Å². The molecule has 0 spiro atoms. The molecule has 2 rings (SSSR count). The molecule has 0 unspecified atom stereocenters. The second-order valence-electron chi connectivity index (χ2n) is 3.89. The Morgan fingerprint density at radius 3 is 2.62 bits per heavy atom. The number of carbonyl (C=O) groups is 2. The molecule has 2 amide bonds. The molecule has 0 atom stereocenters. The van der Waals surface area contributed by atoms with Crippen LogP contribution in [0.25, 0.3) is 0 Å². The van der Waals surface area contributed by atoms with Crippen LogP contribution in [0, 0.1) is 4.91 Å². The van der Waals surface area contributed by atoms with E-state index in [1.54, 1.807) is 24.3 Å². The molecule has 0 fully saturated rings. The average molecular weight is 325 g/mol. The normalized spacial score (nSPS) is 10.0. The second-order valence-corrected chi connectivity index (χ2v) is 5.22. The van der Waals surface area contributed by atoms with Gasteiger partial charge in [0.1, 0.15) is 0 Å². The summed E-state index contributed by atoms with van der Waals surface area (Å²) in [5, 5.41) is 7.82. The van der Waals surface area contributed by atoms with Crippen LogP contribution in [0.5, 0.6) is 0 Å². The summed E-state index contributed by atoms with van der Waals surface area (Å²) in [6, 6.07) is 6.50. The number of hydrogen-bond acceptors (Lipinski definition) is 6. The number of nitroso groups, excluding NO2 is 1. The maximum absolute atomic E-state index is 12.2. The number of nitrogens with zero attached hydrogens (tertiary/aromatic N) is 2. The first kappa shape index (κ1) is 15.1. The lowest BCUT2D eigenvalue weighted by Gasteiger charge is -2.08. The molecule has 108 valence electrons. The lowest BCUT2D eigenvalue weighted by molar-refractivity contribution is -0.114. The SMILES string of the molecule is CC(=O)Nc1ccccc1C(=O)Nc1nc(Cl)c(N=O)s1. The molecule has 0 radical (unpaired) electrons. The van der Waals surface area contributed by atoms with Crippen molar-refractivity contribution >= 4 is 50.6 Å². The number of carbonyl (C=O) groups excluding carboxylic acids is 2. The zero-order valence-electron chi connectivity index (χ0n) is 10.7. The first-order chi connectivity index (χ1) is 10.0. The van der Waals surface area contributed by atoms with Gasteiger partial charge in [0.05, 0.1) is 11.3 Å². The van der Waals surface area contributed by atoms with Gasteiger partial charge in [-0.2, -0.15) is 0 Å². The van der Waals surface area contributed by atoms with E-state index in [0.717, 1.165) is 11.3 Å². The third-order valence-corrected chi connectivity index (χ3v) is 3.58. The highest BCUT2D eigenvalue weighted by molar-refractivity contribution is 7.20. The number of thiazole rings is 1. The number of amides is 2. The van der Waals surface area contributed by atoms with Crippen molar-refractivity contribution < 1.29 is 9.59 Å². The molecule has 0 aliphatic heterocycles. The van der Waals surface area contributed by atoms with Crippen LogP contribution in [-0.2, 0) is 4.79 Å². The van der Waals surface area contributed by atoms with Crippen molar-refractivity contribution in [1.29, 1.82) is 0 Å². The minimum atomic E-state index is -0.484. The molecule has 0 aliphatic rings. The van der Waals surface area contributed by atoms with Crippen LogP contribution >= 0.6 is 22.9 Å². The van der Waals surface area contributed by atoms with E-state index >= 15 is 0 Å². The molecular weight excluding hydrogens is 316 g/mol. The summed E-state index contributed by atoms with van der Waals surface area (Å²) in [7, 11) is 0. The number of nitrogens with one attached hydrogen (secondary N) is 2. The summed E-state index contributed by atoms with van der Waals surface area (Å²) in [4.78, 5) is 37.5. The molecule has 2 N–H and O–H groups in total. The largest absolute Gasteiger partial charge is 0.326 e. The zero-order valence-corrected chi connectivity index (χ0v) is 12.3. The monoisotopic (exact) mass is 324 g/mol. The average Bonchev–Trinajstić information content (AvgIpc) is 2.78. The maximum Gasteiger partial charge on any atom is 0.259 e. The fourth-order valence-corrected chi connectivity index (χ4v) is 2.46. The summed E-state index contributed by atoms with van der Waals surface area (Å²) in [5.41, 5.74) is 0.638. The minimum Gasteiger partial charge on any atom is -0.326 e. The van der Waals surface area contributed by atoms with E-state index in [4.69, 9.17) is 11.6 Å². The van der Waals surface area contributed by atoms with Crippen molar-refractivity contribution in [2.45, 2.75) is 6.92 Å². The highest BCUT2D eigenvalue weighted by Crippen LogP contribution is 2.34. The third-order valence-electron chi connectivity index (χ3n) is 2.36. The van der Waals surface area contributed by atoms with Gasteiger partial charge in [-0.15, -0.1) is 4.91 Å². The van der Waals surface area contributed by atoms with Gasteiger partial charge in [0.25, 0.3) is 5.91 Å². The van der Waals surface area contributed by atoms with Crippen LogP contribution in [0.2, 0.25) is 5.15 Å². The van der Waals surface area contributed by atoms with E-state index < -0.39 is 5.91 Å². The molecule has 0 bridgehead atoms. The smallest absolute Gasteiger partial charge is 0.259 e. The number of aromatic nitrogens is 1. The predicted molar refractivity (Wildman–Crippen MR) is 81.3 cm³/mol. The quantitative estimate of drug-likeness (QED) is 0.841. The Morgan fingerprint density at radius 1 is 1.29 bits per heavy atom. The van der Waals surface area contributed by atoms with Crippen molar-refractivity contribution in [2.24, 2.45) is 5.18 Å². The van der Waals surface area contributed by atoms with Gasteiger partial charge >= 0.3 is 0 Å². The summed E-state index contributed by atoms with van der Waals surface area (Å²) in [6.07, 6.45) is 0. The predicted octanol–water partition coefficient (Wildman–Crippen LogP) is 3.41. The highest BCUT2D eigenvalue weighted by Gasteiger charge is 2.16. The molecule has 0 aliphatic carbocycles. The number of benzene rings is 1. The summed E-state index contributed by atoms with van der Waals surface area (Å²) in [6.45, 7) is 1.34. The molecule has 1 aromatic heterocycles. The number of anilines is 2. The number of halogens is 1. The summed E-state index contributed by atoms with van der Waals surface area (Å²) >= 11 is 6.53. The minimum absolute atomic E-state index is 0.0119. The summed E-state index contributed by atoms with van der Waals surface area (Å²) in [5.74, 6) is -0.776. The van der Waals surface area contributed by atoms with Gasteiger partial charge in [-0.25, -0.2) is 4.98 Å². The molecule has 0 saturated heterocycles. The van der Waals surface area contributed by atoms with Gasteiger partial charge in [-0.3, -0.25) is 14.9 Å². The molecule has 0 saturated carbocycles. The van der Waals surface area contributed by atoms with Crippen LogP contribution in [-0.4, -0.2) is 16.8 Å². The Morgan fingerprint density at radius 2 is 2.00 bits per heavy atom. The number of rotatable bonds is 4. The topological polar surface area (TPSA) is 101 Å². The molecule has 1 heterocycles. The van der Waals surface area contributed by atoms with Crippen LogP contribution in [0.3, 0.4) is 0 Å². The van der Waals surface area contributed by atoms with Gasteiger partial charge in [0.15, 0.2) is 10.3 Å². The second kappa shape index (κ2) is 6.42. The van der Waals surface area contributed by atoms with Gasteiger partial charge in [-0.05, 0) is 17.3 Å². The fraction of sp³-hybridized carbons (Fsp3) is 0.0833. The molecule has 9 heteroatoms. The maximum atomic E-state index is 12.2. The molecule has 2 aromatic rings. The summed E-state index contributed by atoms with van der Waals surface area (Å²) < 4.78 is 0. The van der Waals surface area contributed by atoms with E-state index in [0.29, 0.717) is 5.69 Å². The van der Waals surface area contributed by atoms with Gasteiger partial charge in [0, 0.05) is 6.92 Å². The Kier molecular flexibility index (Phi) is 4.61. The lowest BCUT2D eigenvalue weighted by Crippen LogP contribution is -2.16. The molecule has 1 aromatic carbocycles. The number of para-hydroxylation sites is 1. The van der Waals surface area contributed by atoms with Crippen LogP contribution in [0.1, 0.15) is 17.3 Å². The Labute approximate surface area is 128 Å². The van der Waals surface area contributed by atoms with Crippen molar-refractivity contribution in [3.63, 3.8) is 0 Å². The standard InChI is InChI=1S/C12H9ClN4O3S/c1-6(18)14-8-5-3-2-4-7(8)10(19)16-12-15-9(13)11(17-20)21-12/h2-5H,1H3,(H,14,18)(H,15,16,19). The molecule has 7 nitrogen and oxygen atoms in total. The molecular formula is C12H9ClN4O3S. The fourth-order valence-electron chi connectivity index (χ4n) is 1.55. The van der Waals surface area contributed by atoms with Gasteiger partial charge in [-0.1, -0.05) is 35.1 Å². The van der Waals surface area contributed by atoms with Gasteiger partial charge in [0.2, 0.25) is 10.9 Å². The van der Waals surface area contributed by atoms with Crippen molar-refractivity contribution in [3.8, 4) is 0 Å². The lowest BCUT2D eigenvalue weighted by atomic mass is 10.1. The van der Waals surface area contributed by atoms with Crippen LogP contribution < -0.4 is 10.6 Å². The Bertz CT molecular complexity index is 716. The van der Waals surface area contributed by atoms with E-state index in [9.17, 15) is 14.5 Å². The zero-order chi connectivity index (χ0) is 15.4.